The van der Waals surface area contributed by atoms with Gasteiger partial charge in [0.25, 0.3) is 5.91 Å². The Morgan fingerprint density at radius 3 is 2.68 bits per heavy atom. The molecule has 150 valence electrons. The Hall–Kier alpha value is -2.60. The number of nitrogens with one attached hydrogen (secondary N) is 2. The highest BCUT2D eigenvalue weighted by molar-refractivity contribution is 6.31. The van der Waals surface area contributed by atoms with Crippen molar-refractivity contribution in [3.05, 3.63) is 51.8 Å². The van der Waals surface area contributed by atoms with Crippen LogP contribution in [0.15, 0.2) is 24.3 Å². The summed E-state index contributed by atoms with van der Waals surface area (Å²) in [4.78, 5) is 24.4. The van der Waals surface area contributed by atoms with Gasteiger partial charge in [0.05, 0.1) is 5.69 Å². The van der Waals surface area contributed by atoms with Crippen LogP contribution in [0.4, 0.5) is 5.69 Å². The molecule has 28 heavy (non-hydrogen) atoms. The van der Waals surface area contributed by atoms with Crippen LogP contribution in [0.2, 0.25) is 5.15 Å². The number of anilines is 1. The maximum atomic E-state index is 12.4. The Kier molecular flexibility index (Phi) is 7.81. The largest absolute Gasteiger partial charge is 0.352 e. The molecule has 0 bridgehead atoms. The van der Waals surface area contributed by atoms with Crippen LogP contribution in [0.25, 0.3) is 6.08 Å². The fourth-order valence-electron chi connectivity index (χ4n) is 2.71. The van der Waals surface area contributed by atoms with Gasteiger partial charge in [0.1, 0.15) is 5.15 Å². The second-order valence-electron chi connectivity index (χ2n) is 6.58. The number of hydrogen-bond donors (Lipinski definition) is 2. The molecule has 2 aromatic rings. The summed E-state index contributed by atoms with van der Waals surface area (Å²) in [5, 5.41) is 10.5. The highest BCUT2D eigenvalue weighted by atomic mass is 35.5. The number of aromatic nitrogens is 2. The summed E-state index contributed by atoms with van der Waals surface area (Å²) in [6.07, 6.45) is 5.15. The van der Waals surface area contributed by atoms with E-state index in [9.17, 15) is 9.59 Å². The van der Waals surface area contributed by atoms with E-state index in [4.69, 9.17) is 11.6 Å². The fourth-order valence-corrected chi connectivity index (χ4v) is 3.03. The van der Waals surface area contributed by atoms with Crippen molar-refractivity contribution in [1.29, 1.82) is 0 Å². The SMILES string of the molecule is CCCCn1nc(C)c(C=CC(=O)Nc2cc(C(=O)NCC)ccc2C)c1Cl. The third-order valence-electron chi connectivity index (χ3n) is 4.33. The maximum absolute atomic E-state index is 12.4. The van der Waals surface area contributed by atoms with E-state index in [1.807, 2.05) is 26.8 Å². The summed E-state index contributed by atoms with van der Waals surface area (Å²) >= 11 is 6.39. The van der Waals surface area contributed by atoms with Gasteiger partial charge in [-0.05, 0) is 51.0 Å². The van der Waals surface area contributed by atoms with Crippen molar-refractivity contribution in [3.8, 4) is 0 Å². The monoisotopic (exact) mass is 402 g/mol. The molecular weight excluding hydrogens is 376 g/mol. The average Bonchev–Trinajstić information content (AvgIpc) is 2.93. The molecule has 0 saturated heterocycles. The van der Waals surface area contributed by atoms with Gasteiger partial charge in [0.15, 0.2) is 0 Å². The van der Waals surface area contributed by atoms with Gasteiger partial charge in [0.2, 0.25) is 5.91 Å². The molecule has 0 aliphatic rings. The molecule has 0 fully saturated rings. The first-order valence-electron chi connectivity index (χ1n) is 9.48. The number of aryl methyl sites for hydroxylation is 3. The summed E-state index contributed by atoms with van der Waals surface area (Å²) < 4.78 is 1.76. The van der Waals surface area contributed by atoms with E-state index in [2.05, 4.69) is 22.7 Å². The van der Waals surface area contributed by atoms with Crippen molar-refractivity contribution in [1.82, 2.24) is 15.1 Å². The number of hydrogen-bond acceptors (Lipinski definition) is 3. The zero-order valence-corrected chi connectivity index (χ0v) is 17.6. The number of nitrogens with zero attached hydrogens (tertiary/aromatic N) is 2. The molecule has 1 heterocycles. The second-order valence-corrected chi connectivity index (χ2v) is 6.94. The summed E-state index contributed by atoms with van der Waals surface area (Å²) in [5.41, 5.74) is 3.49. The topological polar surface area (TPSA) is 76.0 Å². The third-order valence-corrected chi connectivity index (χ3v) is 4.73. The number of unbranched alkanes of at least 4 members (excludes halogenated alkanes) is 1. The minimum absolute atomic E-state index is 0.171. The Bertz CT molecular complexity index is 887. The first kappa shape index (κ1) is 21.7. The predicted octanol–water partition coefficient (Wildman–Crippen LogP) is 4.36. The Morgan fingerprint density at radius 2 is 2.00 bits per heavy atom. The van der Waals surface area contributed by atoms with Gasteiger partial charge in [-0.15, -0.1) is 0 Å². The summed E-state index contributed by atoms with van der Waals surface area (Å²) in [6, 6.07) is 5.22. The first-order valence-corrected chi connectivity index (χ1v) is 9.86. The lowest BCUT2D eigenvalue weighted by atomic mass is 10.1. The lowest BCUT2D eigenvalue weighted by molar-refractivity contribution is -0.111. The van der Waals surface area contributed by atoms with Crippen LogP contribution >= 0.6 is 11.6 Å². The third kappa shape index (κ3) is 5.45. The van der Waals surface area contributed by atoms with E-state index in [0.29, 0.717) is 22.9 Å². The zero-order chi connectivity index (χ0) is 20.7. The second kappa shape index (κ2) is 10.1. The highest BCUT2D eigenvalue weighted by Crippen LogP contribution is 2.22. The van der Waals surface area contributed by atoms with Crippen LogP contribution in [0.5, 0.6) is 0 Å². The van der Waals surface area contributed by atoms with E-state index >= 15 is 0 Å². The van der Waals surface area contributed by atoms with Gasteiger partial charge in [-0.2, -0.15) is 5.10 Å². The number of benzene rings is 1. The molecule has 0 spiro atoms. The average molecular weight is 403 g/mol. The van der Waals surface area contributed by atoms with Crippen LogP contribution in [-0.4, -0.2) is 28.1 Å². The molecule has 6 nitrogen and oxygen atoms in total. The van der Waals surface area contributed by atoms with E-state index in [1.165, 1.54) is 6.08 Å². The standard InChI is InChI=1S/C21H27ClN4O2/c1-5-7-12-26-20(22)17(15(4)25-26)10-11-19(27)24-18-13-16(9-8-14(18)3)21(28)23-6-2/h8-11,13H,5-7,12H2,1-4H3,(H,23,28)(H,24,27). The number of carbonyl (C=O) groups is 2. The summed E-state index contributed by atoms with van der Waals surface area (Å²) in [6.45, 7) is 9.01. The summed E-state index contributed by atoms with van der Waals surface area (Å²) in [7, 11) is 0. The van der Waals surface area contributed by atoms with Crippen LogP contribution in [0.1, 0.15) is 53.9 Å². The predicted molar refractivity (Wildman–Crippen MR) is 114 cm³/mol. The van der Waals surface area contributed by atoms with Gasteiger partial charge < -0.3 is 10.6 Å². The van der Waals surface area contributed by atoms with E-state index in [1.54, 1.807) is 22.9 Å². The molecule has 2 N–H and O–H groups in total. The van der Waals surface area contributed by atoms with Crippen molar-refractivity contribution >= 4 is 35.2 Å². The molecule has 7 heteroatoms. The van der Waals surface area contributed by atoms with Gasteiger partial charge in [-0.1, -0.05) is 31.0 Å². The van der Waals surface area contributed by atoms with E-state index in [-0.39, 0.29) is 11.8 Å². The molecule has 0 saturated carbocycles. The summed E-state index contributed by atoms with van der Waals surface area (Å²) in [5.74, 6) is -0.469. The molecule has 0 atom stereocenters. The number of rotatable bonds is 8. The molecule has 1 aromatic carbocycles. The van der Waals surface area contributed by atoms with Crippen LogP contribution in [0.3, 0.4) is 0 Å². The molecule has 0 unspecified atom stereocenters. The molecule has 2 rings (SSSR count). The number of carbonyl (C=O) groups excluding carboxylic acids is 2. The molecule has 1 aromatic heterocycles. The van der Waals surface area contributed by atoms with Gasteiger partial charge in [0, 0.05) is 36.0 Å². The molecule has 0 radical (unpaired) electrons. The van der Waals surface area contributed by atoms with Crippen molar-refractivity contribution < 1.29 is 9.59 Å². The Balaban J connectivity index is 2.13. The van der Waals surface area contributed by atoms with Gasteiger partial charge in [-0.3, -0.25) is 14.3 Å². The lowest BCUT2D eigenvalue weighted by Crippen LogP contribution is -2.23. The van der Waals surface area contributed by atoms with Crippen molar-refractivity contribution in [2.75, 3.05) is 11.9 Å². The maximum Gasteiger partial charge on any atom is 0.251 e. The van der Waals surface area contributed by atoms with E-state index < -0.39 is 0 Å². The van der Waals surface area contributed by atoms with E-state index in [0.717, 1.165) is 36.2 Å². The minimum atomic E-state index is -0.298. The smallest absolute Gasteiger partial charge is 0.251 e. The molecule has 0 aliphatic carbocycles. The van der Waals surface area contributed by atoms with Crippen molar-refractivity contribution in [2.45, 2.75) is 47.1 Å². The van der Waals surface area contributed by atoms with Crippen LogP contribution in [-0.2, 0) is 11.3 Å². The van der Waals surface area contributed by atoms with Crippen molar-refractivity contribution in [3.63, 3.8) is 0 Å². The Morgan fingerprint density at radius 1 is 1.25 bits per heavy atom. The van der Waals surface area contributed by atoms with Crippen molar-refractivity contribution in [2.24, 2.45) is 0 Å². The molecule has 0 aliphatic heterocycles. The molecule has 2 amide bonds. The first-order chi connectivity index (χ1) is 13.4. The van der Waals surface area contributed by atoms with Crippen LogP contribution in [0, 0.1) is 13.8 Å². The normalized spacial score (nSPS) is 11.0. The number of amides is 2. The van der Waals surface area contributed by atoms with Gasteiger partial charge in [-0.25, -0.2) is 0 Å². The fraction of sp³-hybridized carbons (Fsp3) is 0.381. The molecular formula is C21H27ClN4O2. The van der Waals surface area contributed by atoms with Crippen LogP contribution < -0.4 is 10.6 Å². The lowest BCUT2D eigenvalue weighted by Gasteiger charge is -2.09. The Labute approximate surface area is 171 Å². The zero-order valence-electron chi connectivity index (χ0n) is 16.8. The minimum Gasteiger partial charge on any atom is -0.352 e. The quantitative estimate of drug-likeness (QED) is 0.644. The highest BCUT2D eigenvalue weighted by Gasteiger charge is 2.12. The number of halogens is 1. The van der Waals surface area contributed by atoms with Gasteiger partial charge >= 0.3 is 0 Å².